The summed E-state index contributed by atoms with van der Waals surface area (Å²) < 4.78 is 1.49. The maximum Gasteiger partial charge on any atom is 0.280 e. The predicted molar refractivity (Wildman–Crippen MR) is 88.6 cm³/mol. The van der Waals surface area contributed by atoms with Crippen molar-refractivity contribution in [3.8, 4) is 11.8 Å². The monoisotopic (exact) mass is 300 g/mol. The van der Waals surface area contributed by atoms with Gasteiger partial charge in [0, 0.05) is 5.39 Å². The largest absolute Gasteiger partial charge is 0.290 e. The number of aryl methyl sites for hydroxylation is 1. The molecule has 0 saturated carbocycles. The van der Waals surface area contributed by atoms with Crippen LogP contribution in [0.25, 0.3) is 27.5 Å². The summed E-state index contributed by atoms with van der Waals surface area (Å²) in [5, 5.41) is 13.6. The maximum absolute atomic E-state index is 12.8. The number of nitrogens with one attached hydrogen (secondary N) is 1. The van der Waals surface area contributed by atoms with Crippen LogP contribution in [0.1, 0.15) is 11.3 Å². The molecule has 110 valence electrons. The Morgan fingerprint density at radius 2 is 1.87 bits per heavy atom. The number of aromatic nitrogens is 3. The van der Waals surface area contributed by atoms with Crippen LogP contribution in [0.3, 0.4) is 0 Å². The first kappa shape index (κ1) is 13.3. The molecule has 0 amide bonds. The first-order chi connectivity index (χ1) is 11.2. The summed E-state index contributed by atoms with van der Waals surface area (Å²) in [6.45, 7) is 1.84. The quantitative estimate of drug-likeness (QED) is 0.587. The van der Waals surface area contributed by atoms with Gasteiger partial charge in [0.2, 0.25) is 0 Å². The predicted octanol–water partition coefficient (Wildman–Crippen LogP) is 3.05. The number of hydrogen-bond acceptors (Lipinski definition) is 3. The lowest BCUT2D eigenvalue weighted by atomic mass is 10.1. The lowest BCUT2D eigenvalue weighted by Gasteiger charge is -2.01. The van der Waals surface area contributed by atoms with E-state index in [1.165, 1.54) is 4.68 Å². The number of nitrogens with zero attached hydrogens (tertiary/aromatic N) is 3. The zero-order valence-corrected chi connectivity index (χ0v) is 12.4. The van der Waals surface area contributed by atoms with Gasteiger partial charge < -0.3 is 0 Å². The third-order valence-electron chi connectivity index (χ3n) is 3.97. The van der Waals surface area contributed by atoms with Crippen LogP contribution in [0.15, 0.2) is 53.3 Å². The number of aromatic amines is 1. The summed E-state index contributed by atoms with van der Waals surface area (Å²) in [6.07, 6.45) is 0. The first-order valence-electron chi connectivity index (χ1n) is 7.19. The molecule has 0 spiro atoms. The molecule has 2 heterocycles. The number of para-hydroxylation sites is 1. The molecule has 0 aliphatic carbocycles. The van der Waals surface area contributed by atoms with Crippen LogP contribution in [0.2, 0.25) is 0 Å². The van der Waals surface area contributed by atoms with E-state index in [2.05, 4.69) is 16.2 Å². The van der Waals surface area contributed by atoms with Crippen molar-refractivity contribution in [2.75, 3.05) is 0 Å². The topological polar surface area (TPSA) is 74.5 Å². The summed E-state index contributed by atoms with van der Waals surface area (Å²) in [5.74, 6) is 0. The fourth-order valence-corrected chi connectivity index (χ4v) is 2.85. The zero-order valence-electron chi connectivity index (χ0n) is 12.4. The lowest BCUT2D eigenvalue weighted by molar-refractivity contribution is 0.864. The van der Waals surface area contributed by atoms with E-state index in [4.69, 9.17) is 5.26 Å². The second-order valence-electron chi connectivity index (χ2n) is 5.38. The molecule has 4 aromatic rings. The van der Waals surface area contributed by atoms with Gasteiger partial charge in [0.1, 0.15) is 0 Å². The van der Waals surface area contributed by atoms with E-state index in [9.17, 15) is 4.79 Å². The second kappa shape index (κ2) is 4.82. The Bertz CT molecular complexity index is 1140. The van der Waals surface area contributed by atoms with Gasteiger partial charge in [0.05, 0.1) is 39.4 Å². The standard InChI is InChI=1S/C18H12N4O/c1-11-16-17(14-4-2-3-5-15(14)20-11)21-22(18(16)23)13-8-6-12(10-19)7-9-13/h2-9,21H,1H3. The molecule has 0 bridgehead atoms. The van der Waals surface area contributed by atoms with Crippen molar-refractivity contribution >= 4 is 21.8 Å². The van der Waals surface area contributed by atoms with E-state index >= 15 is 0 Å². The second-order valence-corrected chi connectivity index (χ2v) is 5.38. The van der Waals surface area contributed by atoms with Gasteiger partial charge in [-0.05, 0) is 37.3 Å². The number of pyridine rings is 1. The van der Waals surface area contributed by atoms with E-state index in [1.807, 2.05) is 31.2 Å². The van der Waals surface area contributed by atoms with E-state index < -0.39 is 0 Å². The smallest absolute Gasteiger partial charge is 0.280 e. The van der Waals surface area contributed by atoms with Gasteiger partial charge in [-0.3, -0.25) is 14.9 Å². The molecule has 0 atom stereocenters. The van der Waals surface area contributed by atoms with Crippen molar-refractivity contribution in [3.05, 3.63) is 70.1 Å². The van der Waals surface area contributed by atoms with Crippen LogP contribution >= 0.6 is 0 Å². The molecule has 0 aliphatic heterocycles. The van der Waals surface area contributed by atoms with E-state index in [1.54, 1.807) is 24.3 Å². The highest BCUT2D eigenvalue weighted by Gasteiger charge is 2.14. The maximum atomic E-state index is 12.8. The number of rotatable bonds is 1. The van der Waals surface area contributed by atoms with Crippen LogP contribution in [-0.4, -0.2) is 14.8 Å². The summed E-state index contributed by atoms with van der Waals surface area (Å²) >= 11 is 0. The first-order valence-corrected chi connectivity index (χ1v) is 7.19. The molecule has 0 fully saturated rings. The SMILES string of the molecule is Cc1nc2ccccc2c2[nH]n(-c3ccc(C#N)cc3)c(=O)c12. The van der Waals surface area contributed by atoms with Gasteiger partial charge in [0.25, 0.3) is 5.56 Å². The summed E-state index contributed by atoms with van der Waals surface area (Å²) in [5.41, 5.74) is 3.44. The minimum atomic E-state index is -0.138. The van der Waals surface area contributed by atoms with Crippen LogP contribution in [-0.2, 0) is 0 Å². The number of H-pyrrole nitrogens is 1. The van der Waals surface area contributed by atoms with E-state index in [0.29, 0.717) is 22.3 Å². The molecule has 23 heavy (non-hydrogen) atoms. The molecular weight excluding hydrogens is 288 g/mol. The van der Waals surface area contributed by atoms with E-state index in [0.717, 1.165) is 16.4 Å². The number of hydrogen-bond donors (Lipinski definition) is 1. The fraction of sp³-hybridized carbons (Fsp3) is 0.0556. The summed E-state index contributed by atoms with van der Waals surface area (Å²) in [6, 6.07) is 16.7. The van der Waals surface area contributed by atoms with Gasteiger partial charge in [-0.15, -0.1) is 0 Å². The summed E-state index contributed by atoms with van der Waals surface area (Å²) in [4.78, 5) is 17.3. The van der Waals surface area contributed by atoms with Gasteiger partial charge >= 0.3 is 0 Å². The van der Waals surface area contributed by atoms with Crippen LogP contribution in [0.4, 0.5) is 0 Å². The van der Waals surface area contributed by atoms with Crippen molar-refractivity contribution in [1.82, 2.24) is 14.8 Å². The Morgan fingerprint density at radius 3 is 2.61 bits per heavy atom. The Hall–Kier alpha value is -3.39. The van der Waals surface area contributed by atoms with Crippen molar-refractivity contribution in [3.63, 3.8) is 0 Å². The van der Waals surface area contributed by atoms with Gasteiger partial charge in [-0.2, -0.15) is 5.26 Å². The highest BCUT2D eigenvalue weighted by Crippen LogP contribution is 2.23. The van der Waals surface area contributed by atoms with Crippen molar-refractivity contribution in [1.29, 1.82) is 5.26 Å². The molecule has 0 unspecified atom stereocenters. The number of nitriles is 1. The van der Waals surface area contributed by atoms with Crippen LogP contribution < -0.4 is 5.56 Å². The molecule has 5 nitrogen and oxygen atoms in total. The van der Waals surface area contributed by atoms with Crippen molar-refractivity contribution < 1.29 is 0 Å². The minimum Gasteiger partial charge on any atom is -0.290 e. The van der Waals surface area contributed by atoms with E-state index in [-0.39, 0.29) is 5.56 Å². The minimum absolute atomic E-state index is 0.138. The van der Waals surface area contributed by atoms with Crippen molar-refractivity contribution in [2.24, 2.45) is 0 Å². The molecule has 5 heteroatoms. The molecule has 0 radical (unpaired) electrons. The third-order valence-corrected chi connectivity index (χ3v) is 3.97. The summed E-state index contributed by atoms with van der Waals surface area (Å²) in [7, 11) is 0. The number of benzene rings is 2. The molecule has 2 aromatic carbocycles. The van der Waals surface area contributed by atoms with Gasteiger partial charge in [-0.25, -0.2) is 4.68 Å². The fourth-order valence-electron chi connectivity index (χ4n) is 2.85. The molecule has 0 saturated heterocycles. The highest BCUT2D eigenvalue weighted by atomic mass is 16.1. The van der Waals surface area contributed by atoms with Gasteiger partial charge in [0.15, 0.2) is 0 Å². The Kier molecular flexibility index (Phi) is 2.78. The highest BCUT2D eigenvalue weighted by molar-refractivity contribution is 6.04. The Morgan fingerprint density at radius 1 is 1.13 bits per heavy atom. The zero-order chi connectivity index (χ0) is 16.0. The molecule has 2 aromatic heterocycles. The molecule has 0 aliphatic rings. The van der Waals surface area contributed by atoms with Crippen LogP contribution in [0.5, 0.6) is 0 Å². The lowest BCUT2D eigenvalue weighted by Crippen LogP contribution is -2.14. The van der Waals surface area contributed by atoms with Crippen molar-refractivity contribution in [2.45, 2.75) is 6.92 Å². The average Bonchev–Trinajstić information content (AvgIpc) is 2.93. The normalized spacial score (nSPS) is 11.0. The Labute approximate surface area is 131 Å². The Balaban J connectivity index is 2.07. The third kappa shape index (κ3) is 1.93. The average molecular weight is 300 g/mol. The molecule has 4 rings (SSSR count). The molecule has 1 N–H and O–H groups in total. The van der Waals surface area contributed by atoms with Gasteiger partial charge in [-0.1, -0.05) is 18.2 Å². The van der Waals surface area contributed by atoms with Crippen LogP contribution in [0, 0.1) is 18.3 Å². The molecular formula is C18H12N4O. The number of fused-ring (bicyclic) bond motifs is 3.